The van der Waals surface area contributed by atoms with Crippen LogP contribution >= 0.6 is 0 Å². The number of carbonyl (C=O) groups excluding carboxylic acids is 1. The number of rotatable bonds is 6. The van der Waals surface area contributed by atoms with Gasteiger partial charge in [0.05, 0.1) is 18.8 Å². The predicted molar refractivity (Wildman–Crippen MR) is 57.7 cm³/mol. The first-order valence-corrected chi connectivity index (χ1v) is 5.50. The lowest BCUT2D eigenvalue weighted by molar-refractivity contribution is -0.145. The van der Waals surface area contributed by atoms with Crippen LogP contribution in [0.2, 0.25) is 0 Å². The zero-order valence-electron chi connectivity index (χ0n) is 9.84. The zero-order chi connectivity index (χ0) is 11.3. The molecule has 0 aromatic heterocycles. The van der Waals surface area contributed by atoms with Gasteiger partial charge in [-0.05, 0) is 33.6 Å². The van der Waals surface area contributed by atoms with Crippen molar-refractivity contribution in [3.8, 4) is 0 Å². The van der Waals surface area contributed by atoms with Gasteiger partial charge in [0.2, 0.25) is 0 Å². The van der Waals surface area contributed by atoms with E-state index in [4.69, 9.17) is 9.47 Å². The highest BCUT2D eigenvalue weighted by Gasteiger charge is 2.21. The highest BCUT2D eigenvalue weighted by atomic mass is 16.6. The lowest BCUT2D eigenvalue weighted by Gasteiger charge is -2.19. The quantitative estimate of drug-likeness (QED) is 0.532. The second-order valence-corrected chi connectivity index (χ2v) is 4.84. The van der Waals surface area contributed by atoms with Gasteiger partial charge in [-0.2, -0.15) is 0 Å². The highest BCUT2D eigenvalue weighted by Crippen LogP contribution is 2.17. The van der Waals surface area contributed by atoms with E-state index in [1.54, 1.807) is 0 Å². The molecule has 0 heterocycles. The number of carbonyl (C=O) groups is 1. The molecule has 1 rings (SSSR count). The smallest absolute Gasteiger partial charge is 0.320 e. The van der Waals surface area contributed by atoms with Crippen LogP contribution in [0.15, 0.2) is 0 Å². The largest absolute Gasteiger partial charge is 0.462 e. The molecule has 0 saturated heterocycles. The van der Waals surface area contributed by atoms with Gasteiger partial charge in [-0.15, -0.1) is 0 Å². The molecule has 1 N–H and O–H groups in total. The lowest BCUT2D eigenvalue weighted by Crippen LogP contribution is -2.28. The third-order valence-electron chi connectivity index (χ3n) is 1.99. The second-order valence-electron chi connectivity index (χ2n) is 4.84. The average molecular weight is 215 g/mol. The number of hydrogen-bond acceptors (Lipinski definition) is 4. The topological polar surface area (TPSA) is 47.6 Å². The summed E-state index contributed by atoms with van der Waals surface area (Å²) in [6.07, 6.45) is 2.36. The van der Waals surface area contributed by atoms with Crippen LogP contribution in [0.3, 0.4) is 0 Å². The second kappa shape index (κ2) is 5.47. The van der Waals surface area contributed by atoms with Gasteiger partial charge in [-0.1, -0.05) is 0 Å². The number of nitrogens with one attached hydrogen (secondary N) is 1. The fourth-order valence-electron chi connectivity index (χ4n) is 1.07. The molecule has 0 aromatic rings. The summed E-state index contributed by atoms with van der Waals surface area (Å²) in [6, 6.07) is 0.545. The molecule has 88 valence electrons. The Labute approximate surface area is 91.3 Å². The molecule has 1 saturated carbocycles. The number of hydrogen-bond donors (Lipinski definition) is 1. The minimum Gasteiger partial charge on any atom is -0.462 e. The van der Waals surface area contributed by atoms with E-state index < -0.39 is 0 Å². The third-order valence-corrected chi connectivity index (χ3v) is 1.99. The van der Waals surface area contributed by atoms with Gasteiger partial charge in [0, 0.05) is 6.04 Å². The standard InChI is InChI=1S/C11H21NO3/c1-11(2,3)15-7-6-14-10(13)8-12-9-4-5-9/h9,12H,4-8H2,1-3H3. The molecule has 4 heteroatoms. The summed E-state index contributed by atoms with van der Waals surface area (Å²) in [4.78, 5) is 11.2. The van der Waals surface area contributed by atoms with E-state index in [1.807, 2.05) is 20.8 Å². The molecule has 0 unspecified atom stereocenters. The van der Waals surface area contributed by atoms with Crippen molar-refractivity contribution in [2.24, 2.45) is 0 Å². The van der Waals surface area contributed by atoms with Crippen LogP contribution in [-0.4, -0.2) is 37.4 Å². The summed E-state index contributed by atoms with van der Waals surface area (Å²) < 4.78 is 10.4. The van der Waals surface area contributed by atoms with Crippen LogP contribution in [0.1, 0.15) is 33.6 Å². The SMILES string of the molecule is CC(C)(C)OCCOC(=O)CNC1CC1. The van der Waals surface area contributed by atoms with Crippen molar-refractivity contribution in [3.05, 3.63) is 0 Å². The van der Waals surface area contributed by atoms with Crippen LogP contribution in [0.4, 0.5) is 0 Å². The Morgan fingerprint density at radius 1 is 1.33 bits per heavy atom. The Kier molecular flexibility index (Phi) is 4.54. The van der Waals surface area contributed by atoms with Crippen LogP contribution in [0.5, 0.6) is 0 Å². The van der Waals surface area contributed by atoms with Gasteiger partial charge in [-0.3, -0.25) is 4.79 Å². The van der Waals surface area contributed by atoms with E-state index in [0.29, 0.717) is 25.8 Å². The normalized spacial score (nSPS) is 16.5. The molecule has 0 radical (unpaired) electrons. The molecule has 0 atom stereocenters. The average Bonchev–Trinajstić information content (AvgIpc) is 2.91. The Bertz CT molecular complexity index is 206. The van der Waals surface area contributed by atoms with E-state index in [9.17, 15) is 4.79 Å². The molecular formula is C11H21NO3. The zero-order valence-corrected chi connectivity index (χ0v) is 9.84. The molecular weight excluding hydrogens is 194 g/mol. The van der Waals surface area contributed by atoms with E-state index in [2.05, 4.69) is 5.32 Å². The summed E-state index contributed by atoms with van der Waals surface area (Å²) in [7, 11) is 0. The van der Waals surface area contributed by atoms with Gasteiger partial charge in [0.15, 0.2) is 0 Å². The summed E-state index contributed by atoms with van der Waals surface area (Å²) in [6.45, 7) is 7.04. The molecule has 0 bridgehead atoms. The maximum absolute atomic E-state index is 11.2. The first-order chi connectivity index (χ1) is 6.97. The summed E-state index contributed by atoms with van der Waals surface area (Å²) in [5.41, 5.74) is -0.168. The molecule has 0 aliphatic heterocycles. The third kappa shape index (κ3) is 7.33. The van der Waals surface area contributed by atoms with Crippen molar-refractivity contribution < 1.29 is 14.3 Å². The molecule has 1 fully saturated rings. The first kappa shape index (κ1) is 12.5. The number of esters is 1. The van der Waals surface area contributed by atoms with E-state index in [-0.39, 0.29) is 11.6 Å². The van der Waals surface area contributed by atoms with Crippen molar-refractivity contribution in [3.63, 3.8) is 0 Å². The van der Waals surface area contributed by atoms with E-state index in [0.717, 1.165) is 0 Å². The van der Waals surface area contributed by atoms with Crippen LogP contribution in [-0.2, 0) is 14.3 Å². The first-order valence-electron chi connectivity index (χ1n) is 5.50. The minimum atomic E-state index is -0.195. The Hall–Kier alpha value is -0.610. The Morgan fingerprint density at radius 2 is 2.00 bits per heavy atom. The van der Waals surface area contributed by atoms with Gasteiger partial charge >= 0.3 is 5.97 Å². The molecule has 1 aliphatic carbocycles. The monoisotopic (exact) mass is 215 g/mol. The molecule has 15 heavy (non-hydrogen) atoms. The van der Waals surface area contributed by atoms with Gasteiger partial charge in [-0.25, -0.2) is 0 Å². The maximum Gasteiger partial charge on any atom is 0.320 e. The van der Waals surface area contributed by atoms with E-state index >= 15 is 0 Å². The van der Waals surface area contributed by atoms with Crippen LogP contribution in [0.25, 0.3) is 0 Å². The van der Waals surface area contributed by atoms with Crippen LogP contribution in [0, 0.1) is 0 Å². The van der Waals surface area contributed by atoms with Crippen LogP contribution < -0.4 is 5.32 Å². The number of ether oxygens (including phenoxy) is 2. The molecule has 1 aliphatic rings. The minimum absolute atomic E-state index is 0.168. The van der Waals surface area contributed by atoms with Crippen molar-refractivity contribution in [2.45, 2.75) is 45.3 Å². The molecule has 0 amide bonds. The molecule has 4 nitrogen and oxygen atoms in total. The molecule has 0 aromatic carbocycles. The van der Waals surface area contributed by atoms with Crippen molar-refractivity contribution in [2.75, 3.05) is 19.8 Å². The highest BCUT2D eigenvalue weighted by molar-refractivity contribution is 5.71. The van der Waals surface area contributed by atoms with E-state index in [1.165, 1.54) is 12.8 Å². The summed E-state index contributed by atoms with van der Waals surface area (Å²) in [5.74, 6) is -0.195. The van der Waals surface area contributed by atoms with Gasteiger partial charge < -0.3 is 14.8 Å². The summed E-state index contributed by atoms with van der Waals surface area (Å²) >= 11 is 0. The van der Waals surface area contributed by atoms with Crippen molar-refractivity contribution in [1.29, 1.82) is 0 Å². The van der Waals surface area contributed by atoms with Gasteiger partial charge in [0.1, 0.15) is 6.61 Å². The summed E-state index contributed by atoms with van der Waals surface area (Å²) in [5, 5.41) is 3.10. The van der Waals surface area contributed by atoms with Crippen molar-refractivity contribution in [1.82, 2.24) is 5.32 Å². The lowest BCUT2D eigenvalue weighted by atomic mass is 10.2. The fraction of sp³-hybridized carbons (Fsp3) is 0.909. The molecule has 0 spiro atoms. The fourth-order valence-corrected chi connectivity index (χ4v) is 1.07. The van der Waals surface area contributed by atoms with Gasteiger partial charge in [0.25, 0.3) is 0 Å². The maximum atomic E-state index is 11.2. The predicted octanol–water partition coefficient (Wildman–Crippen LogP) is 1.10. The van der Waals surface area contributed by atoms with Crippen molar-refractivity contribution >= 4 is 5.97 Å². The Balaban J connectivity index is 1.91. The Morgan fingerprint density at radius 3 is 2.53 bits per heavy atom.